The molecule has 0 unspecified atom stereocenters. The minimum Gasteiger partial charge on any atom is -0.267 e. The highest BCUT2D eigenvalue weighted by Gasteiger charge is 2.31. The number of nitrogens with zero attached hydrogens (tertiary/aromatic N) is 1. The maximum Gasteiger partial charge on any atom is 0.263 e. The number of aliphatic imine (C=N–C) groups is 1. The van der Waals surface area contributed by atoms with Gasteiger partial charge in [-0.1, -0.05) is 26.0 Å². The van der Waals surface area contributed by atoms with Crippen molar-refractivity contribution in [2.75, 3.05) is 12.4 Å². The van der Waals surface area contributed by atoms with Crippen LogP contribution in [0.3, 0.4) is 0 Å². The van der Waals surface area contributed by atoms with Crippen LogP contribution in [0.5, 0.6) is 0 Å². The minimum absolute atomic E-state index is 0.0719. The lowest BCUT2D eigenvalue weighted by Gasteiger charge is -2.27. The zero-order valence-electron chi connectivity index (χ0n) is 11.7. The van der Waals surface area contributed by atoms with E-state index in [0.29, 0.717) is 28.7 Å². The Kier molecular flexibility index (Phi) is 4.39. The molecule has 0 amide bonds. The largest absolute Gasteiger partial charge is 0.267 e. The third kappa shape index (κ3) is 2.69. The Hall–Kier alpha value is -1.07. The maximum absolute atomic E-state index is 12.0. The van der Waals surface area contributed by atoms with Gasteiger partial charge in [0.15, 0.2) is 0 Å². The molecule has 1 heterocycles. The summed E-state index contributed by atoms with van der Waals surface area (Å²) in [5.74, 6) is 0.947. The van der Waals surface area contributed by atoms with Gasteiger partial charge in [0.25, 0.3) is 10.0 Å². The van der Waals surface area contributed by atoms with E-state index in [2.05, 4.69) is 23.6 Å². The highest BCUT2D eigenvalue weighted by molar-refractivity contribution is 7.90. The van der Waals surface area contributed by atoms with Crippen molar-refractivity contribution in [3.8, 4) is 0 Å². The molecule has 0 saturated heterocycles. The first-order valence-corrected chi connectivity index (χ1v) is 8.72. The van der Waals surface area contributed by atoms with Crippen molar-refractivity contribution in [2.45, 2.75) is 31.6 Å². The number of benzene rings is 1. The number of hydrogen-bond donors (Lipinski definition) is 1. The van der Waals surface area contributed by atoms with Gasteiger partial charge in [0.2, 0.25) is 0 Å². The van der Waals surface area contributed by atoms with Crippen molar-refractivity contribution < 1.29 is 8.42 Å². The number of nitrogens with one attached hydrogen (secondary N) is 1. The molecule has 1 aliphatic heterocycles. The number of fused-ring (bicyclic) bond motifs is 1. The van der Waals surface area contributed by atoms with Crippen molar-refractivity contribution in [3.05, 3.63) is 29.8 Å². The van der Waals surface area contributed by atoms with Crippen LogP contribution in [0.15, 0.2) is 34.2 Å². The summed E-state index contributed by atoms with van der Waals surface area (Å²) in [6, 6.07) is 6.88. The molecule has 1 N–H and O–H groups in total. The van der Waals surface area contributed by atoms with Crippen LogP contribution in [-0.4, -0.2) is 26.7 Å². The summed E-state index contributed by atoms with van der Waals surface area (Å²) in [4.78, 5) is 4.78. The van der Waals surface area contributed by atoms with E-state index >= 15 is 0 Å². The number of halogens is 1. The lowest BCUT2D eigenvalue weighted by molar-refractivity contribution is 0.317. The van der Waals surface area contributed by atoms with Crippen molar-refractivity contribution in [3.63, 3.8) is 0 Å². The van der Waals surface area contributed by atoms with Gasteiger partial charge in [0.05, 0.1) is 4.90 Å². The number of rotatable bonds is 5. The Morgan fingerprint density at radius 3 is 2.50 bits per heavy atom. The van der Waals surface area contributed by atoms with E-state index in [1.54, 1.807) is 18.2 Å². The normalized spacial score (nSPS) is 18.9. The van der Waals surface area contributed by atoms with Crippen LogP contribution in [-0.2, 0) is 10.0 Å². The summed E-state index contributed by atoms with van der Waals surface area (Å²) in [5, 5.41) is 0. The molecule has 2 rings (SSSR count). The lowest BCUT2D eigenvalue weighted by atomic mass is 9.84. The monoisotopic (exact) mass is 314 g/mol. The molecule has 1 aromatic carbocycles. The second-order valence-electron chi connectivity index (χ2n) is 5.11. The van der Waals surface area contributed by atoms with Gasteiger partial charge in [-0.2, -0.15) is 0 Å². The Labute approximate surface area is 125 Å². The van der Waals surface area contributed by atoms with Gasteiger partial charge in [0, 0.05) is 23.4 Å². The number of sulfonamides is 1. The van der Waals surface area contributed by atoms with E-state index in [-0.39, 0.29) is 5.41 Å². The first-order valence-electron chi connectivity index (χ1n) is 6.70. The molecule has 0 fully saturated rings. The molecule has 0 aliphatic carbocycles. The minimum atomic E-state index is -3.46. The molecule has 6 heteroatoms. The zero-order valence-corrected chi connectivity index (χ0v) is 13.3. The fourth-order valence-electron chi connectivity index (χ4n) is 2.20. The summed E-state index contributed by atoms with van der Waals surface area (Å²) in [6.45, 7) is 4.69. The molecule has 0 bridgehead atoms. The molecule has 0 aromatic heterocycles. The molecule has 0 atom stereocenters. The molecule has 1 aliphatic rings. The topological polar surface area (TPSA) is 58.5 Å². The van der Waals surface area contributed by atoms with Crippen LogP contribution >= 0.6 is 11.6 Å². The predicted molar refractivity (Wildman–Crippen MR) is 81.9 cm³/mol. The summed E-state index contributed by atoms with van der Waals surface area (Å²) >= 11 is 6.06. The zero-order chi connectivity index (χ0) is 14.8. The van der Waals surface area contributed by atoms with Gasteiger partial charge < -0.3 is 0 Å². The summed E-state index contributed by atoms with van der Waals surface area (Å²) in [5.41, 5.74) is 0.570. The second kappa shape index (κ2) is 5.74. The Morgan fingerprint density at radius 1 is 1.25 bits per heavy atom. The SMILES string of the molecule is CCC(CC)(CCl)CN=C1NS(=O)(=O)c2ccccc21. The highest BCUT2D eigenvalue weighted by atomic mass is 35.5. The molecule has 4 nitrogen and oxygen atoms in total. The molecule has 0 spiro atoms. The van der Waals surface area contributed by atoms with Crippen LogP contribution in [0.2, 0.25) is 0 Å². The lowest BCUT2D eigenvalue weighted by Crippen LogP contribution is -2.28. The average molecular weight is 315 g/mol. The van der Waals surface area contributed by atoms with Crippen LogP contribution in [0.1, 0.15) is 32.3 Å². The predicted octanol–water partition coefficient (Wildman–Crippen LogP) is 2.77. The van der Waals surface area contributed by atoms with Crippen LogP contribution in [0, 0.1) is 5.41 Å². The Balaban J connectivity index is 2.34. The average Bonchev–Trinajstić information content (AvgIpc) is 2.73. The third-order valence-corrected chi connectivity index (χ3v) is 5.98. The van der Waals surface area contributed by atoms with Gasteiger partial charge >= 0.3 is 0 Å². The van der Waals surface area contributed by atoms with Gasteiger partial charge in [0.1, 0.15) is 5.84 Å². The smallest absolute Gasteiger partial charge is 0.263 e. The van der Waals surface area contributed by atoms with Crippen LogP contribution < -0.4 is 4.72 Å². The quantitative estimate of drug-likeness (QED) is 0.850. The molecule has 0 radical (unpaired) electrons. The van der Waals surface area contributed by atoms with E-state index in [1.165, 1.54) is 0 Å². The van der Waals surface area contributed by atoms with E-state index in [9.17, 15) is 8.42 Å². The van der Waals surface area contributed by atoms with Gasteiger partial charge in [-0.3, -0.25) is 9.71 Å². The molecular formula is C14H19ClN2O2S. The van der Waals surface area contributed by atoms with Gasteiger partial charge in [-0.25, -0.2) is 8.42 Å². The van der Waals surface area contributed by atoms with E-state index in [0.717, 1.165) is 12.8 Å². The van der Waals surface area contributed by atoms with Crippen molar-refractivity contribution in [1.29, 1.82) is 0 Å². The molecule has 0 saturated carbocycles. The van der Waals surface area contributed by atoms with Gasteiger partial charge in [-0.15, -0.1) is 11.6 Å². The molecule has 110 valence electrons. The Bertz CT molecular complexity index is 614. The summed E-state index contributed by atoms with van der Waals surface area (Å²) < 4.78 is 26.5. The van der Waals surface area contributed by atoms with E-state index in [1.807, 2.05) is 6.07 Å². The first kappa shape index (κ1) is 15.3. The standard InChI is InChI=1S/C14H19ClN2O2S/c1-3-14(4-2,9-15)10-16-13-11-7-5-6-8-12(11)20(18,19)17-13/h5-8H,3-4,9-10H2,1-2H3,(H,16,17). The van der Waals surface area contributed by atoms with Crippen LogP contribution in [0.25, 0.3) is 0 Å². The Morgan fingerprint density at radius 2 is 1.90 bits per heavy atom. The number of amidine groups is 1. The maximum atomic E-state index is 12.0. The van der Waals surface area contributed by atoms with Gasteiger partial charge in [-0.05, 0) is 25.0 Å². The fraction of sp³-hybridized carbons (Fsp3) is 0.500. The van der Waals surface area contributed by atoms with Crippen LogP contribution in [0.4, 0.5) is 0 Å². The second-order valence-corrected chi connectivity index (χ2v) is 7.03. The van der Waals surface area contributed by atoms with E-state index in [4.69, 9.17) is 11.6 Å². The molecular weight excluding hydrogens is 296 g/mol. The van der Waals surface area contributed by atoms with Crippen molar-refractivity contribution >= 4 is 27.5 Å². The number of alkyl halides is 1. The highest BCUT2D eigenvalue weighted by Crippen LogP contribution is 2.29. The van der Waals surface area contributed by atoms with Crippen molar-refractivity contribution in [2.24, 2.45) is 10.4 Å². The summed E-state index contributed by atoms with van der Waals surface area (Å²) in [6.07, 6.45) is 1.83. The fourth-order valence-corrected chi connectivity index (χ4v) is 3.92. The van der Waals surface area contributed by atoms with E-state index < -0.39 is 10.0 Å². The first-order chi connectivity index (χ1) is 9.48. The summed E-state index contributed by atoms with van der Waals surface area (Å²) in [7, 11) is -3.46. The van der Waals surface area contributed by atoms with Crippen molar-refractivity contribution in [1.82, 2.24) is 4.72 Å². The molecule has 1 aromatic rings. The third-order valence-electron chi connectivity index (χ3n) is 4.02. The number of hydrogen-bond acceptors (Lipinski definition) is 3. The molecule has 20 heavy (non-hydrogen) atoms.